The minimum atomic E-state index is -0.353. The Labute approximate surface area is 157 Å². The first-order valence-electron chi connectivity index (χ1n) is 8.95. The van der Waals surface area contributed by atoms with Crippen LogP contribution in [-0.2, 0) is 11.3 Å². The molecule has 0 atom stereocenters. The summed E-state index contributed by atoms with van der Waals surface area (Å²) >= 11 is 0. The normalized spacial score (nSPS) is 15.5. The van der Waals surface area contributed by atoms with E-state index >= 15 is 0 Å². The number of halogens is 1. The van der Waals surface area contributed by atoms with Crippen molar-refractivity contribution in [3.8, 4) is 0 Å². The number of nitrogens with zero attached hydrogens (tertiary/aromatic N) is 3. The van der Waals surface area contributed by atoms with Gasteiger partial charge in [0.05, 0.1) is 4.92 Å². The number of nitro groups is 1. The Bertz CT molecular complexity index is 817. The SMILES string of the molecule is CC(=O)N(c1ccc(F)cc1)C1CCN(Cc2ccccc2[N+](=O)[O-])CC1. The van der Waals surface area contributed by atoms with E-state index in [1.165, 1.54) is 25.1 Å². The van der Waals surface area contributed by atoms with E-state index in [1.807, 2.05) is 0 Å². The largest absolute Gasteiger partial charge is 0.310 e. The predicted octanol–water partition coefficient (Wildman–Crippen LogP) is 3.75. The number of hydrogen-bond donors (Lipinski definition) is 0. The molecule has 0 radical (unpaired) electrons. The third-order valence-electron chi connectivity index (χ3n) is 4.95. The number of likely N-dealkylation sites (tertiary alicyclic amines) is 1. The average Bonchev–Trinajstić information content (AvgIpc) is 2.65. The fraction of sp³-hybridized carbons (Fsp3) is 0.350. The molecular formula is C20H22FN3O3. The van der Waals surface area contributed by atoms with Crippen LogP contribution < -0.4 is 4.90 Å². The first kappa shape index (κ1) is 19.0. The molecule has 27 heavy (non-hydrogen) atoms. The third kappa shape index (κ3) is 4.49. The minimum absolute atomic E-state index is 0.0370. The number of hydrogen-bond acceptors (Lipinski definition) is 4. The maximum absolute atomic E-state index is 13.2. The van der Waals surface area contributed by atoms with Gasteiger partial charge in [-0.3, -0.25) is 19.8 Å². The van der Waals surface area contributed by atoms with Crippen molar-refractivity contribution < 1.29 is 14.1 Å². The summed E-state index contributed by atoms with van der Waals surface area (Å²) in [5, 5.41) is 11.2. The van der Waals surface area contributed by atoms with E-state index in [9.17, 15) is 19.3 Å². The van der Waals surface area contributed by atoms with Crippen molar-refractivity contribution in [2.45, 2.75) is 32.4 Å². The summed E-state index contributed by atoms with van der Waals surface area (Å²) in [6.45, 7) is 3.51. The van der Waals surface area contributed by atoms with E-state index in [0.717, 1.165) is 25.9 Å². The van der Waals surface area contributed by atoms with Crippen molar-refractivity contribution in [2.24, 2.45) is 0 Å². The minimum Gasteiger partial charge on any atom is -0.310 e. The molecule has 2 aromatic carbocycles. The summed E-state index contributed by atoms with van der Waals surface area (Å²) < 4.78 is 13.2. The van der Waals surface area contributed by atoms with Crippen LogP contribution in [0.25, 0.3) is 0 Å². The standard InChI is InChI=1S/C20H22FN3O3/c1-15(25)23(18-8-6-17(21)7-9-18)19-10-12-22(13-11-19)14-16-4-2-3-5-20(16)24(26)27/h2-9,19H,10-14H2,1H3. The van der Waals surface area contributed by atoms with Crippen molar-refractivity contribution in [2.75, 3.05) is 18.0 Å². The second-order valence-electron chi connectivity index (χ2n) is 6.76. The molecule has 0 bridgehead atoms. The van der Waals surface area contributed by atoms with Gasteiger partial charge in [-0.15, -0.1) is 0 Å². The van der Waals surface area contributed by atoms with Gasteiger partial charge in [-0.25, -0.2) is 4.39 Å². The van der Waals surface area contributed by atoms with Crippen molar-refractivity contribution >= 4 is 17.3 Å². The number of amides is 1. The van der Waals surface area contributed by atoms with Crippen LogP contribution in [0.2, 0.25) is 0 Å². The van der Waals surface area contributed by atoms with Crippen LogP contribution in [0, 0.1) is 15.9 Å². The lowest BCUT2D eigenvalue weighted by molar-refractivity contribution is -0.385. The molecule has 0 unspecified atom stereocenters. The van der Waals surface area contributed by atoms with Gasteiger partial charge in [0.15, 0.2) is 0 Å². The Morgan fingerprint density at radius 2 is 1.81 bits per heavy atom. The van der Waals surface area contributed by atoms with Crippen LogP contribution in [0.3, 0.4) is 0 Å². The van der Waals surface area contributed by atoms with Crippen LogP contribution in [0.4, 0.5) is 15.8 Å². The van der Waals surface area contributed by atoms with Gasteiger partial charge in [-0.05, 0) is 37.1 Å². The summed E-state index contributed by atoms with van der Waals surface area (Å²) in [5.74, 6) is -0.403. The lowest BCUT2D eigenvalue weighted by Crippen LogP contribution is -2.46. The van der Waals surface area contributed by atoms with Gasteiger partial charge in [0.25, 0.3) is 5.69 Å². The van der Waals surface area contributed by atoms with Crippen molar-refractivity contribution in [3.63, 3.8) is 0 Å². The molecule has 2 aromatic rings. The van der Waals surface area contributed by atoms with Gasteiger partial charge in [0.2, 0.25) is 5.91 Å². The molecule has 6 nitrogen and oxygen atoms in total. The number of piperidine rings is 1. The van der Waals surface area contributed by atoms with E-state index in [0.29, 0.717) is 17.8 Å². The molecule has 3 rings (SSSR count). The Balaban J connectivity index is 1.66. The van der Waals surface area contributed by atoms with Gasteiger partial charge in [0, 0.05) is 49.9 Å². The lowest BCUT2D eigenvalue weighted by atomic mass is 10.0. The number of nitro benzene ring substituents is 1. The molecular weight excluding hydrogens is 349 g/mol. The topological polar surface area (TPSA) is 66.7 Å². The maximum Gasteiger partial charge on any atom is 0.273 e. The van der Waals surface area contributed by atoms with Gasteiger partial charge in [-0.1, -0.05) is 18.2 Å². The quantitative estimate of drug-likeness (QED) is 0.593. The Kier molecular flexibility index (Phi) is 5.81. The van der Waals surface area contributed by atoms with Gasteiger partial charge < -0.3 is 4.90 Å². The van der Waals surface area contributed by atoms with E-state index in [1.54, 1.807) is 35.2 Å². The maximum atomic E-state index is 13.2. The number of carbonyl (C=O) groups excluding carboxylic acids is 1. The molecule has 0 aliphatic carbocycles. The summed E-state index contributed by atoms with van der Waals surface area (Å²) in [7, 11) is 0. The highest BCUT2D eigenvalue weighted by Gasteiger charge is 2.28. The molecule has 0 spiro atoms. The molecule has 0 N–H and O–H groups in total. The molecule has 7 heteroatoms. The Hall–Kier alpha value is -2.80. The Morgan fingerprint density at radius 3 is 2.41 bits per heavy atom. The van der Waals surface area contributed by atoms with Crippen molar-refractivity contribution in [1.29, 1.82) is 0 Å². The molecule has 1 aliphatic heterocycles. The first-order valence-corrected chi connectivity index (χ1v) is 8.95. The average molecular weight is 371 g/mol. The molecule has 142 valence electrons. The Morgan fingerprint density at radius 1 is 1.19 bits per heavy atom. The lowest BCUT2D eigenvalue weighted by Gasteiger charge is -2.38. The fourth-order valence-electron chi connectivity index (χ4n) is 3.65. The number of anilines is 1. The number of benzene rings is 2. The monoisotopic (exact) mass is 371 g/mol. The third-order valence-corrected chi connectivity index (χ3v) is 4.95. The van der Waals surface area contributed by atoms with Crippen LogP contribution in [0.5, 0.6) is 0 Å². The van der Waals surface area contributed by atoms with E-state index < -0.39 is 0 Å². The highest BCUT2D eigenvalue weighted by atomic mass is 19.1. The highest BCUT2D eigenvalue weighted by Crippen LogP contribution is 2.26. The van der Waals surface area contributed by atoms with Crippen LogP contribution in [0.1, 0.15) is 25.3 Å². The molecule has 1 aliphatic rings. The zero-order valence-corrected chi connectivity index (χ0v) is 15.2. The van der Waals surface area contributed by atoms with E-state index in [2.05, 4.69) is 4.90 Å². The fourth-order valence-corrected chi connectivity index (χ4v) is 3.65. The van der Waals surface area contributed by atoms with Crippen molar-refractivity contribution in [3.05, 3.63) is 70.0 Å². The first-order chi connectivity index (χ1) is 13.0. The predicted molar refractivity (Wildman–Crippen MR) is 101 cm³/mol. The van der Waals surface area contributed by atoms with Crippen LogP contribution in [0.15, 0.2) is 48.5 Å². The molecule has 1 saturated heterocycles. The summed E-state index contributed by atoms with van der Waals surface area (Å²) in [6, 6.07) is 12.8. The molecule has 0 aromatic heterocycles. The molecule has 1 amide bonds. The summed E-state index contributed by atoms with van der Waals surface area (Å²) in [5.41, 5.74) is 1.53. The molecule has 1 fully saturated rings. The zero-order chi connectivity index (χ0) is 19.4. The van der Waals surface area contributed by atoms with Gasteiger partial charge >= 0.3 is 0 Å². The van der Waals surface area contributed by atoms with E-state index in [-0.39, 0.29) is 28.4 Å². The molecule has 0 saturated carbocycles. The smallest absolute Gasteiger partial charge is 0.273 e. The number of carbonyl (C=O) groups is 1. The van der Waals surface area contributed by atoms with Crippen LogP contribution >= 0.6 is 0 Å². The van der Waals surface area contributed by atoms with Crippen molar-refractivity contribution in [1.82, 2.24) is 4.90 Å². The van der Waals surface area contributed by atoms with Gasteiger partial charge in [0.1, 0.15) is 5.82 Å². The molecule has 1 heterocycles. The second-order valence-corrected chi connectivity index (χ2v) is 6.76. The zero-order valence-electron chi connectivity index (χ0n) is 15.2. The van der Waals surface area contributed by atoms with Gasteiger partial charge in [-0.2, -0.15) is 0 Å². The second kappa shape index (κ2) is 8.26. The van der Waals surface area contributed by atoms with E-state index in [4.69, 9.17) is 0 Å². The number of para-hydroxylation sites is 1. The summed E-state index contributed by atoms with van der Waals surface area (Å²) in [6.07, 6.45) is 1.52. The summed E-state index contributed by atoms with van der Waals surface area (Å²) in [4.78, 5) is 26.9. The number of rotatable bonds is 5. The highest BCUT2D eigenvalue weighted by molar-refractivity contribution is 5.92. The van der Waals surface area contributed by atoms with Crippen LogP contribution in [-0.4, -0.2) is 34.9 Å².